The Balaban J connectivity index is 2.57. The summed E-state index contributed by atoms with van der Waals surface area (Å²) < 4.78 is 3.46. The van der Waals surface area contributed by atoms with Crippen molar-refractivity contribution in [3.63, 3.8) is 0 Å². The Morgan fingerprint density at radius 1 is 1.50 bits per heavy atom. The molecule has 1 aromatic heterocycles. The Labute approximate surface area is 111 Å². The zero-order valence-electron chi connectivity index (χ0n) is 10.3. The van der Waals surface area contributed by atoms with Crippen molar-refractivity contribution >= 4 is 28.8 Å². The Bertz CT molecular complexity index is 426. The molecule has 0 bridgehead atoms. The molecule has 1 atom stereocenters. The second-order valence-corrected chi connectivity index (χ2v) is 6.33. The molecule has 0 spiro atoms. The van der Waals surface area contributed by atoms with Crippen molar-refractivity contribution in [1.82, 2.24) is 9.55 Å². The van der Waals surface area contributed by atoms with Crippen molar-refractivity contribution in [2.24, 2.45) is 10.4 Å². The van der Waals surface area contributed by atoms with Crippen LogP contribution in [0.15, 0.2) is 4.99 Å². The smallest absolute Gasteiger partial charge is 0.128 e. The highest BCUT2D eigenvalue weighted by atomic mass is 127. The minimum atomic E-state index is 0.222. The lowest BCUT2D eigenvalue weighted by molar-refractivity contribution is 0.241. The summed E-state index contributed by atoms with van der Waals surface area (Å²) in [5.41, 5.74) is 1.41. The molecule has 3 nitrogen and oxygen atoms in total. The quantitative estimate of drug-likeness (QED) is 0.728. The normalized spacial score (nSPS) is 19.9. The van der Waals surface area contributed by atoms with Crippen LogP contribution in [0.1, 0.15) is 45.3 Å². The van der Waals surface area contributed by atoms with Crippen LogP contribution in [-0.2, 0) is 6.42 Å². The predicted octanol–water partition coefficient (Wildman–Crippen LogP) is 3.07. The van der Waals surface area contributed by atoms with Crippen LogP contribution >= 0.6 is 22.6 Å². The highest BCUT2D eigenvalue weighted by molar-refractivity contribution is 14.1. The molecular formula is C12H18IN3. The molecule has 1 aliphatic rings. The van der Waals surface area contributed by atoms with E-state index in [4.69, 9.17) is 0 Å². The maximum atomic E-state index is 4.63. The summed E-state index contributed by atoms with van der Waals surface area (Å²) in [6.07, 6.45) is 2.95. The summed E-state index contributed by atoms with van der Waals surface area (Å²) in [5, 5.41) is 0. The number of fused-ring (bicyclic) bond motifs is 1. The zero-order chi connectivity index (χ0) is 11.9. The molecule has 0 fully saturated rings. The van der Waals surface area contributed by atoms with Gasteiger partial charge < -0.3 is 4.57 Å². The lowest BCUT2D eigenvalue weighted by Gasteiger charge is -2.34. The van der Waals surface area contributed by atoms with Crippen LogP contribution in [-0.4, -0.2) is 22.3 Å². The first-order valence-electron chi connectivity index (χ1n) is 5.71. The van der Waals surface area contributed by atoms with Gasteiger partial charge >= 0.3 is 0 Å². The Morgan fingerprint density at radius 2 is 2.19 bits per heavy atom. The van der Waals surface area contributed by atoms with Crippen LogP contribution in [0.2, 0.25) is 0 Å². The third-order valence-electron chi connectivity index (χ3n) is 3.10. The second kappa shape index (κ2) is 4.13. The standard InChI is InChI=1S/C12H18IN3/c1-5-10-15-11(13)8-6-14-7-9(16(8)10)12(2,3)4/h6,9H,5,7H2,1-4H3. The first kappa shape index (κ1) is 12.1. The van der Waals surface area contributed by atoms with E-state index in [2.05, 4.69) is 64.8 Å². The molecule has 1 aromatic rings. The minimum absolute atomic E-state index is 0.222. The van der Waals surface area contributed by atoms with E-state index >= 15 is 0 Å². The molecule has 0 amide bonds. The van der Waals surface area contributed by atoms with Gasteiger partial charge in [0.25, 0.3) is 0 Å². The van der Waals surface area contributed by atoms with Gasteiger partial charge in [-0.3, -0.25) is 4.99 Å². The fourth-order valence-corrected chi connectivity index (χ4v) is 2.83. The molecule has 0 aromatic carbocycles. The average Bonchev–Trinajstić information content (AvgIpc) is 2.54. The summed E-state index contributed by atoms with van der Waals surface area (Å²) in [4.78, 5) is 9.12. The van der Waals surface area contributed by atoms with Gasteiger partial charge in [-0.05, 0) is 28.0 Å². The van der Waals surface area contributed by atoms with Crippen LogP contribution in [0.4, 0.5) is 0 Å². The molecule has 88 valence electrons. The Kier molecular flexibility index (Phi) is 3.11. The lowest BCUT2D eigenvalue weighted by Crippen LogP contribution is -2.31. The molecule has 1 aliphatic heterocycles. The summed E-state index contributed by atoms with van der Waals surface area (Å²) >= 11 is 2.30. The summed E-state index contributed by atoms with van der Waals surface area (Å²) in [7, 11) is 0. The molecule has 16 heavy (non-hydrogen) atoms. The van der Waals surface area contributed by atoms with Crippen molar-refractivity contribution in [2.75, 3.05) is 6.54 Å². The van der Waals surface area contributed by atoms with E-state index in [9.17, 15) is 0 Å². The van der Waals surface area contributed by atoms with Crippen LogP contribution < -0.4 is 0 Å². The highest BCUT2D eigenvalue weighted by Gasteiger charge is 2.32. The van der Waals surface area contributed by atoms with Gasteiger partial charge in [-0.15, -0.1) is 0 Å². The van der Waals surface area contributed by atoms with Crippen molar-refractivity contribution in [3.05, 3.63) is 15.2 Å². The van der Waals surface area contributed by atoms with Crippen molar-refractivity contribution in [1.29, 1.82) is 0 Å². The summed E-state index contributed by atoms with van der Waals surface area (Å²) in [6, 6.07) is 0.429. The first-order chi connectivity index (χ1) is 7.45. The third kappa shape index (κ3) is 1.92. The van der Waals surface area contributed by atoms with Gasteiger partial charge in [0.2, 0.25) is 0 Å². The molecule has 0 saturated carbocycles. The van der Waals surface area contributed by atoms with Gasteiger partial charge in [-0.25, -0.2) is 4.98 Å². The number of aliphatic imine (C=N–C) groups is 1. The van der Waals surface area contributed by atoms with E-state index in [1.165, 1.54) is 11.5 Å². The molecular weight excluding hydrogens is 313 g/mol. The monoisotopic (exact) mass is 331 g/mol. The lowest BCUT2D eigenvalue weighted by atomic mass is 9.85. The van der Waals surface area contributed by atoms with E-state index in [1.54, 1.807) is 0 Å². The summed E-state index contributed by atoms with van der Waals surface area (Å²) in [5.74, 6) is 1.19. The Hall–Kier alpha value is -0.390. The van der Waals surface area contributed by atoms with E-state index in [1.807, 2.05) is 6.21 Å². The number of rotatable bonds is 1. The zero-order valence-corrected chi connectivity index (χ0v) is 12.4. The fourth-order valence-electron chi connectivity index (χ4n) is 2.16. The summed E-state index contributed by atoms with van der Waals surface area (Å²) in [6.45, 7) is 9.85. The number of aromatic nitrogens is 2. The van der Waals surface area contributed by atoms with Crippen molar-refractivity contribution in [2.45, 2.75) is 40.2 Å². The molecule has 0 saturated heterocycles. The van der Waals surface area contributed by atoms with Gasteiger partial charge in [-0.1, -0.05) is 27.7 Å². The second-order valence-electron chi connectivity index (χ2n) is 5.30. The number of hydrogen-bond donors (Lipinski definition) is 0. The van der Waals surface area contributed by atoms with Crippen molar-refractivity contribution < 1.29 is 0 Å². The minimum Gasteiger partial charge on any atom is -0.321 e. The Morgan fingerprint density at radius 3 is 2.75 bits per heavy atom. The molecule has 0 N–H and O–H groups in total. The van der Waals surface area contributed by atoms with Crippen LogP contribution in [0.25, 0.3) is 0 Å². The third-order valence-corrected chi connectivity index (χ3v) is 3.89. The SMILES string of the molecule is CCc1nc(I)c2n1C(C(C)(C)C)CN=C2. The van der Waals surface area contributed by atoms with E-state index in [0.29, 0.717) is 6.04 Å². The van der Waals surface area contributed by atoms with Crippen LogP contribution in [0.3, 0.4) is 0 Å². The first-order valence-corrected chi connectivity index (χ1v) is 6.79. The molecule has 0 radical (unpaired) electrons. The average molecular weight is 331 g/mol. The molecule has 2 heterocycles. The van der Waals surface area contributed by atoms with Gasteiger partial charge in [0, 0.05) is 12.6 Å². The molecule has 2 rings (SSSR count). The number of nitrogens with zero attached hydrogens (tertiary/aromatic N) is 3. The largest absolute Gasteiger partial charge is 0.321 e. The maximum Gasteiger partial charge on any atom is 0.128 e. The maximum absolute atomic E-state index is 4.63. The van der Waals surface area contributed by atoms with Gasteiger partial charge in [0.15, 0.2) is 0 Å². The molecule has 1 unspecified atom stereocenters. The molecule has 4 heteroatoms. The van der Waals surface area contributed by atoms with Gasteiger partial charge in [0.05, 0.1) is 18.3 Å². The number of aryl methyl sites for hydroxylation is 1. The van der Waals surface area contributed by atoms with E-state index in [-0.39, 0.29) is 5.41 Å². The molecule has 0 aliphatic carbocycles. The fraction of sp³-hybridized carbons (Fsp3) is 0.667. The number of hydrogen-bond acceptors (Lipinski definition) is 2. The predicted molar refractivity (Wildman–Crippen MR) is 75.3 cm³/mol. The number of imidazole rings is 1. The van der Waals surface area contributed by atoms with E-state index in [0.717, 1.165) is 16.7 Å². The van der Waals surface area contributed by atoms with E-state index < -0.39 is 0 Å². The van der Waals surface area contributed by atoms with Gasteiger partial charge in [0.1, 0.15) is 9.53 Å². The van der Waals surface area contributed by atoms with Crippen molar-refractivity contribution in [3.8, 4) is 0 Å². The van der Waals surface area contributed by atoms with Crippen LogP contribution in [0.5, 0.6) is 0 Å². The van der Waals surface area contributed by atoms with Crippen LogP contribution in [0, 0.1) is 9.12 Å². The van der Waals surface area contributed by atoms with Gasteiger partial charge in [-0.2, -0.15) is 0 Å². The number of halogens is 1. The topological polar surface area (TPSA) is 30.2 Å². The highest BCUT2D eigenvalue weighted by Crippen LogP contribution is 2.35.